The number of H-pyrrole nitrogens is 1. The van der Waals surface area contributed by atoms with Crippen LogP contribution in [0.1, 0.15) is 29.2 Å². The van der Waals surface area contributed by atoms with Crippen LogP contribution in [0.2, 0.25) is 0 Å². The molecule has 3 aliphatic rings. The zero-order valence-corrected chi connectivity index (χ0v) is 17.0. The van der Waals surface area contributed by atoms with Gasteiger partial charge in [0, 0.05) is 12.1 Å². The molecule has 1 aromatic heterocycles. The number of rotatable bonds is 3. The largest absolute Gasteiger partial charge is 0.448 e. The second-order valence-corrected chi connectivity index (χ2v) is 8.34. The first-order valence-electron chi connectivity index (χ1n) is 10.7. The Morgan fingerprint density at radius 3 is 2.48 bits per heavy atom. The molecule has 0 radical (unpaired) electrons. The van der Waals surface area contributed by atoms with Crippen LogP contribution in [0.4, 0.5) is 4.79 Å². The first-order chi connectivity index (χ1) is 15.3. The van der Waals surface area contributed by atoms with Crippen LogP contribution in [0.5, 0.6) is 0 Å². The van der Waals surface area contributed by atoms with Gasteiger partial charge >= 0.3 is 6.09 Å². The number of aromatic amines is 1. The van der Waals surface area contributed by atoms with E-state index in [4.69, 9.17) is 9.47 Å². The molecule has 0 saturated carbocycles. The molecule has 3 aromatic rings. The fourth-order valence-corrected chi connectivity index (χ4v) is 5.18. The summed E-state index contributed by atoms with van der Waals surface area (Å²) in [6.07, 6.45) is 4.31. The highest BCUT2D eigenvalue weighted by Crippen LogP contribution is 2.44. The van der Waals surface area contributed by atoms with Crippen LogP contribution in [-0.2, 0) is 9.47 Å². The molecule has 31 heavy (non-hydrogen) atoms. The minimum atomic E-state index is -0.264. The molecule has 1 N–H and O–H groups in total. The molecule has 2 aliphatic heterocycles. The summed E-state index contributed by atoms with van der Waals surface area (Å²) in [5.41, 5.74) is 7.09. The number of nitrogens with zero attached hydrogens (tertiary/aromatic N) is 2. The molecule has 2 unspecified atom stereocenters. The molecule has 6 heteroatoms. The fourth-order valence-electron chi connectivity index (χ4n) is 5.18. The number of nitrogens with one attached hydrogen (secondary N) is 1. The summed E-state index contributed by atoms with van der Waals surface area (Å²) in [4.78, 5) is 15.0. The Kier molecular flexibility index (Phi) is 4.39. The van der Waals surface area contributed by atoms with Crippen molar-refractivity contribution in [3.05, 3.63) is 83.7 Å². The molecule has 1 amide bonds. The lowest BCUT2D eigenvalue weighted by Crippen LogP contribution is -2.56. The second kappa shape index (κ2) is 7.39. The van der Waals surface area contributed by atoms with Crippen LogP contribution in [0.3, 0.4) is 0 Å². The molecule has 1 saturated heterocycles. The topological polar surface area (TPSA) is 67.5 Å². The third-order valence-electron chi connectivity index (χ3n) is 6.59. The van der Waals surface area contributed by atoms with Crippen molar-refractivity contribution in [1.29, 1.82) is 0 Å². The van der Waals surface area contributed by atoms with Crippen molar-refractivity contribution in [2.24, 2.45) is 0 Å². The molecular formula is C25H23N3O3. The standard InChI is InChI=1S/C25H23N3O3/c29-25(28-17-11-16(24-9-10-26-27-24)12-18(28)14-30-13-17)31-15-23-21-7-3-1-5-19(21)20-6-2-4-8-22(20)23/h1-11,17-18,23H,12-15H2,(H,26,27). The van der Waals surface area contributed by atoms with Gasteiger partial charge in [0.15, 0.2) is 0 Å². The Morgan fingerprint density at radius 2 is 1.81 bits per heavy atom. The van der Waals surface area contributed by atoms with E-state index in [1.807, 2.05) is 23.1 Å². The number of fused-ring (bicyclic) bond motifs is 5. The third-order valence-corrected chi connectivity index (χ3v) is 6.59. The smallest absolute Gasteiger partial charge is 0.410 e. The SMILES string of the molecule is O=C(OCC1c2ccccc2-c2ccccc21)N1C2C=C(c3ccn[nH]3)CC1COC2. The maximum absolute atomic E-state index is 13.2. The summed E-state index contributed by atoms with van der Waals surface area (Å²) >= 11 is 0. The van der Waals surface area contributed by atoms with Gasteiger partial charge in [0.1, 0.15) is 6.61 Å². The van der Waals surface area contributed by atoms with Gasteiger partial charge in [-0.05, 0) is 40.3 Å². The number of morpholine rings is 1. The van der Waals surface area contributed by atoms with Crippen LogP contribution in [-0.4, -0.2) is 53.1 Å². The number of amides is 1. The van der Waals surface area contributed by atoms with Gasteiger partial charge in [0.2, 0.25) is 0 Å². The quantitative estimate of drug-likeness (QED) is 0.698. The number of benzene rings is 2. The van der Waals surface area contributed by atoms with Gasteiger partial charge in [0.25, 0.3) is 0 Å². The van der Waals surface area contributed by atoms with Crippen molar-refractivity contribution >= 4 is 11.7 Å². The van der Waals surface area contributed by atoms with Gasteiger partial charge in [-0.3, -0.25) is 10.00 Å². The first-order valence-corrected chi connectivity index (χ1v) is 10.7. The van der Waals surface area contributed by atoms with Crippen LogP contribution < -0.4 is 0 Å². The molecule has 1 fully saturated rings. The van der Waals surface area contributed by atoms with E-state index in [2.05, 4.69) is 52.7 Å². The van der Waals surface area contributed by atoms with Crippen molar-refractivity contribution in [1.82, 2.24) is 15.1 Å². The summed E-state index contributed by atoms with van der Waals surface area (Å²) < 4.78 is 11.7. The number of ether oxygens (including phenoxy) is 2. The van der Waals surface area contributed by atoms with Gasteiger partial charge in [0.05, 0.1) is 31.0 Å². The van der Waals surface area contributed by atoms with E-state index in [0.717, 1.165) is 12.1 Å². The van der Waals surface area contributed by atoms with Gasteiger partial charge in [-0.15, -0.1) is 0 Å². The zero-order valence-electron chi connectivity index (χ0n) is 17.0. The molecule has 156 valence electrons. The lowest BCUT2D eigenvalue weighted by molar-refractivity contribution is -0.0331. The number of hydrogen-bond donors (Lipinski definition) is 1. The number of carbonyl (C=O) groups excluding carboxylic acids is 1. The Labute approximate surface area is 180 Å². The molecule has 0 spiro atoms. The van der Waals surface area contributed by atoms with Crippen molar-refractivity contribution in [2.75, 3.05) is 19.8 Å². The van der Waals surface area contributed by atoms with Gasteiger partial charge in [-0.1, -0.05) is 54.6 Å². The third kappa shape index (κ3) is 3.06. The normalized spacial score (nSPS) is 21.9. The summed E-state index contributed by atoms with van der Waals surface area (Å²) in [5.74, 6) is 0.0633. The average Bonchev–Trinajstić information content (AvgIpc) is 3.44. The Balaban J connectivity index is 1.22. The second-order valence-electron chi connectivity index (χ2n) is 8.34. The Morgan fingerprint density at radius 1 is 1.06 bits per heavy atom. The molecule has 2 bridgehead atoms. The van der Waals surface area contributed by atoms with E-state index in [9.17, 15) is 4.79 Å². The van der Waals surface area contributed by atoms with E-state index in [-0.39, 0.29) is 24.1 Å². The Bertz CT molecular complexity index is 1110. The summed E-state index contributed by atoms with van der Waals surface area (Å²) in [7, 11) is 0. The predicted octanol–water partition coefficient (Wildman–Crippen LogP) is 4.22. The molecule has 2 aromatic carbocycles. The maximum atomic E-state index is 13.2. The number of carbonyl (C=O) groups is 1. The first kappa shape index (κ1) is 18.4. The summed E-state index contributed by atoms with van der Waals surface area (Å²) in [6.45, 7) is 1.34. The van der Waals surface area contributed by atoms with Crippen molar-refractivity contribution in [3.8, 4) is 11.1 Å². The maximum Gasteiger partial charge on any atom is 0.410 e. The van der Waals surface area contributed by atoms with Crippen LogP contribution in [0, 0.1) is 0 Å². The number of aromatic nitrogens is 2. The van der Waals surface area contributed by atoms with E-state index in [0.29, 0.717) is 19.8 Å². The molecule has 3 heterocycles. The van der Waals surface area contributed by atoms with Crippen LogP contribution in [0.15, 0.2) is 66.9 Å². The van der Waals surface area contributed by atoms with Crippen molar-refractivity contribution in [3.63, 3.8) is 0 Å². The van der Waals surface area contributed by atoms with Gasteiger partial charge in [-0.2, -0.15) is 5.10 Å². The van der Waals surface area contributed by atoms with E-state index in [1.165, 1.54) is 27.8 Å². The highest BCUT2D eigenvalue weighted by molar-refractivity contribution is 5.79. The molecule has 6 rings (SSSR count). The van der Waals surface area contributed by atoms with Crippen molar-refractivity contribution < 1.29 is 14.3 Å². The van der Waals surface area contributed by atoms with E-state index < -0.39 is 0 Å². The minimum Gasteiger partial charge on any atom is -0.448 e. The van der Waals surface area contributed by atoms with Gasteiger partial charge < -0.3 is 9.47 Å². The van der Waals surface area contributed by atoms with Crippen molar-refractivity contribution in [2.45, 2.75) is 24.4 Å². The zero-order chi connectivity index (χ0) is 20.8. The highest BCUT2D eigenvalue weighted by atomic mass is 16.6. The average molecular weight is 413 g/mol. The lowest BCUT2D eigenvalue weighted by atomic mass is 9.93. The number of hydrogen-bond acceptors (Lipinski definition) is 4. The highest BCUT2D eigenvalue weighted by Gasteiger charge is 2.40. The molecular weight excluding hydrogens is 390 g/mol. The summed E-state index contributed by atoms with van der Waals surface area (Å²) in [5, 5.41) is 7.08. The molecule has 2 atom stereocenters. The van der Waals surface area contributed by atoms with Crippen LogP contribution >= 0.6 is 0 Å². The minimum absolute atomic E-state index is 0.0299. The van der Waals surface area contributed by atoms with Gasteiger partial charge in [-0.25, -0.2) is 4.79 Å². The van der Waals surface area contributed by atoms with Crippen LogP contribution in [0.25, 0.3) is 16.7 Å². The summed E-state index contributed by atoms with van der Waals surface area (Å²) in [6, 6.07) is 18.6. The van der Waals surface area contributed by atoms with E-state index in [1.54, 1.807) is 6.20 Å². The Hall–Kier alpha value is -3.38. The fraction of sp³-hybridized carbons (Fsp3) is 0.280. The molecule has 6 nitrogen and oxygen atoms in total. The monoisotopic (exact) mass is 413 g/mol. The lowest BCUT2D eigenvalue weighted by Gasteiger charge is -2.43. The molecule has 1 aliphatic carbocycles. The predicted molar refractivity (Wildman–Crippen MR) is 116 cm³/mol. The van der Waals surface area contributed by atoms with E-state index >= 15 is 0 Å².